The molecule has 1 aliphatic carbocycles. The maximum absolute atomic E-state index is 12.7. The molecule has 1 heterocycles. The number of carbonyl (C=O) groups excluding carboxylic acids is 1. The van der Waals surface area contributed by atoms with Crippen LogP contribution in [0.4, 0.5) is 5.69 Å². The molecule has 0 fully saturated rings. The van der Waals surface area contributed by atoms with Gasteiger partial charge in [-0.25, -0.2) is 4.79 Å². The number of rotatable bonds is 17. The van der Waals surface area contributed by atoms with Crippen LogP contribution >= 0.6 is 11.3 Å². The predicted molar refractivity (Wildman–Crippen MR) is 163 cm³/mol. The van der Waals surface area contributed by atoms with Gasteiger partial charge in [-0.3, -0.25) is 16.1 Å². The van der Waals surface area contributed by atoms with E-state index >= 15 is 0 Å². The Kier molecular flexibility index (Phi) is 12.5. The molecule has 0 unspecified atom stereocenters. The number of benzene rings is 1. The van der Waals surface area contributed by atoms with Crippen molar-refractivity contribution >= 4 is 28.9 Å². The minimum Gasteiger partial charge on any atom is -0.478 e. The first kappa shape index (κ1) is 31.3. The lowest BCUT2D eigenvalue weighted by molar-refractivity contribution is -0.116. The number of hydrazine groups is 1. The topological polar surface area (TPSA) is 104 Å². The number of aromatic carboxylic acids is 1. The molecule has 39 heavy (non-hydrogen) atoms. The van der Waals surface area contributed by atoms with Gasteiger partial charge in [-0.2, -0.15) is 0 Å². The minimum atomic E-state index is -0.891. The quantitative estimate of drug-likeness (QED) is 0.0894. The van der Waals surface area contributed by atoms with Gasteiger partial charge in [0.05, 0.1) is 5.56 Å². The number of aryl methyl sites for hydroxylation is 1. The summed E-state index contributed by atoms with van der Waals surface area (Å²) in [5.74, 6) is 4.77. The molecule has 1 aromatic carbocycles. The standard InChI is InChI=1S/C32H49N3O3S/c1-4-5-6-7-8-9-10-11-12-13-14-15-28(36)35-24-17-16-23(22-34-33)25(20-24)30-29(31(37)38)26-21-32(2,3)19-18-27(26)39-30/h16-17,20,34H,4-15,18-19,21-22,33H2,1-3H3,(H,35,36)(H,37,38). The number of unbranched alkanes of at least 4 members (excludes halogenated alkanes) is 10. The Morgan fingerprint density at radius 3 is 2.26 bits per heavy atom. The summed E-state index contributed by atoms with van der Waals surface area (Å²) in [4.78, 5) is 27.1. The van der Waals surface area contributed by atoms with Crippen LogP contribution in [-0.4, -0.2) is 17.0 Å². The van der Waals surface area contributed by atoms with Crippen LogP contribution in [0.5, 0.6) is 0 Å². The summed E-state index contributed by atoms with van der Waals surface area (Å²) < 4.78 is 0. The normalized spacial score (nSPS) is 14.3. The van der Waals surface area contributed by atoms with E-state index in [0.29, 0.717) is 24.2 Å². The summed E-state index contributed by atoms with van der Waals surface area (Å²) in [6.45, 7) is 7.07. The van der Waals surface area contributed by atoms with Crippen molar-refractivity contribution < 1.29 is 14.7 Å². The highest BCUT2D eigenvalue weighted by Crippen LogP contribution is 2.46. The molecule has 3 rings (SSSR count). The first-order chi connectivity index (χ1) is 18.8. The highest BCUT2D eigenvalue weighted by Gasteiger charge is 2.33. The van der Waals surface area contributed by atoms with E-state index in [1.807, 2.05) is 18.2 Å². The second-order valence-corrected chi connectivity index (χ2v) is 13.0. The lowest BCUT2D eigenvalue weighted by Gasteiger charge is -2.29. The fourth-order valence-corrected chi connectivity index (χ4v) is 7.00. The number of carbonyl (C=O) groups is 2. The first-order valence-corrected chi connectivity index (χ1v) is 15.8. The molecule has 1 aliphatic rings. The molecule has 2 aromatic rings. The van der Waals surface area contributed by atoms with Crippen LogP contribution in [0, 0.1) is 5.41 Å². The Morgan fingerprint density at radius 1 is 1.00 bits per heavy atom. The number of carboxylic acid groups (broad SMARTS) is 1. The number of carboxylic acids is 1. The number of nitrogens with two attached hydrogens (primary N) is 1. The molecular formula is C32H49N3O3S. The number of thiophene rings is 1. The van der Waals surface area contributed by atoms with Crippen LogP contribution in [0.1, 0.15) is 131 Å². The molecule has 1 aromatic heterocycles. The van der Waals surface area contributed by atoms with E-state index in [0.717, 1.165) is 53.7 Å². The van der Waals surface area contributed by atoms with Gasteiger partial charge in [0.15, 0.2) is 0 Å². The predicted octanol–water partition coefficient (Wildman–Crippen LogP) is 8.23. The Balaban J connectivity index is 1.59. The number of anilines is 1. The van der Waals surface area contributed by atoms with Gasteiger partial charge in [-0.15, -0.1) is 11.3 Å². The maximum Gasteiger partial charge on any atom is 0.337 e. The number of hydrogen-bond acceptors (Lipinski definition) is 5. The molecule has 0 saturated carbocycles. The van der Waals surface area contributed by atoms with Crippen molar-refractivity contribution in [2.75, 3.05) is 5.32 Å². The van der Waals surface area contributed by atoms with Crippen molar-refractivity contribution in [2.45, 2.75) is 124 Å². The van der Waals surface area contributed by atoms with Crippen molar-refractivity contribution in [1.29, 1.82) is 0 Å². The van der Waals surface area contributed by atoms with Gasteiger partial charge in [-0.1, -0.05) is 91.0 Å². The number of hydrogen-bond donors (Lipinski definition) is 4. The van der Waals surface area contributed by atoms with E-state index in [9.17, 15) is 14.7 Å². The molecule has 1 amide bonds. The molecule has 5 N–H and O–H groups in total. The molecule has 0 radical (unpaired) electrons. The summed E-state index contributed by atoms with van der Waals surface area (Å²) in [6.07, 6.45) is 17.0. The van der Waals surface area contributed by atoms with Gasteiger partial charge >= 0.3 is 5.97 Å². The van der Waals surface area contributed by atoms with Gasteiger partial charge in [0, 0.05) is 28.4 Å². The third kappa shape index (κ3) is 9.44. The van der Waals surface area contributed by atoms with Crippen molar-refractivity contribution in [1.82, 2.24) is 5.43 Å². The molecule has 0 atom stereocenters. The van der Waals surface area contributed by atoms with Crippen LogP contribution in [0.15, 0.2) is 18.2 Å². The van der Waals surface area contributed by atoms with E-state index < -0.39 is 5.97 Å². The summed E-state index contributed by atoms with van der Waals surface area (Å²) >= 11 is 1.58. The number of nitrogens with one attached hydrogen (secondary N) is 2. The molecule has 6 nitrogen and oxygen atoms in total. The zero-order valence-electron chi connectivity index (χ0n) is 24.3. The van der Waals surface area contributed by atoms with Crippen LogP contribution in [0.25, 0.3) is 10.4 Å². The van der Waals surface area contributed by atoms with Crippen molar-refractivity contribution in [3.8, 4) is 10.4 Å². The second kappa shape index (κ2) is 15.5. The Morgan fingerprint density at radius 2 is 1.64 bits per heavy atom. The second-order valence-electron chi connectivity index (χ2n) is 11.9. The lowest BCUT2D eigenvalue weighted by atomic mass is 9.76. The minimum absolute atomic E-state index is 0.00672. The van der Waals surface area contributed by atoms with Crippen LogP contribution < -0.4 is 16.6 Å². The monoisotopic (exact) mass is 555 g/mol. The van der Waals surface area contributed by atoms with Gasteiger partial charge in [0.2, 0.25) is 5.91 Å². The fourth-order valence-electron chi connectivity index (χ4n) is 5.64. The zero-order chi connectivity index (χ0) is 28.3. The van der Waals surface area contributed by atoms with Gasteiger partial charge in [0.25, 0.3) is 0 Å². The fraction of sp³-hybridized carbons (Fsp3) is 0.625. The zero-order valence-corrected chi connectivity index (χ0v) is 25.1. The van der Waals surface area contributed by atoms with E-state index in [1.165, 1.54) is 62.7 Å². The smallest absolute Gasteiger partial charge is 0.337 e. The SMILES string of the molecule is CCCCCCCCCCCCCC(=O)Nc1ccc(CNN)c(-c2sc3c(c2C(=O)O)CC(C)(C)CC3)c1. The molecule has 0 spiro atoms. The molecule has 216 valence electrons. The van der Waals surface area contributed by atoms with Gasteiger partial charge in [0.1, 0.15) is 0 Å². The first-order valence-electron chi connectivity index (χ1n) is 15.0. The third-order valence-electron chi connectivity index (χ3n) is 7.93. The number of amides is 1. The average Bonchev–Trinajstić information content (AvgIpc) is 3.26. The van der Waals surface area contributed by atoms with E-state index in [1.54, 1.807) is 11.3 Å². The summed E-state index contributed by atoms with van der Waals surface area (Å²) in [7, 11) is 0. The Hall–Kier alpha value is -2.22. The van der Waals surface area contributed by atoms with Crippen molar-refractivity contribution in [3.63, 3.8) is 0 Å². The van der Waals surface area contributed by atoms with Crippen LogP contribution in [0.2, 0.25) is 0 Å². The molecular weight excluding hydrogens is 506 g/mol. The maximum atomic E-state index is 12.7. The van der Waals surface area contributed by atoms with Crippen molar-refractivity contribution in [3.05, 3.63) is 39.8 Å². The average molecular weight is 556 g/mol. The lowest BCUT2D eigenvalue weighted by Crippen LogP contribution is -2.22. The van der Waals surface area contributed by atoms with Crippen LogP contribution in [0.3, 0.4) is 0 Å². The molecule has 0 bridgehead atoms. The van der Waals surface area contributed by atoms with Gasteiger partial charge in [-0.05, 0) is 59.9 Å². The van der Waals surface area contributed by atoms with E-state index in [4.69, 9.17) is 5.84 Å². The summed E-state index contributed by atoms with van der Waals surface area (Å²) in [6, 6.07) is 5.73. The van der Waals surface area contributed by atoms with E-state index in [2.05, 4.69) is 31.5 Å². The molecule has 7 heteroatoms. The molecule has 0 aliphatic heterocycles. The third-order valence-corrected chi connectivity index (χ3v) is 9.25. The van der Waals surface area contributed by atoms with Gasteiger partial charge < -0.3 is 10.4 Å². The molecule has 0 saturated heterocycles. The van der Waals surface area contributed by atoms with E-state index in [-0.39, 0.29) is 11.3 Å². The highest BCUT2D eigenvalue weighted by atomic mass is 32.1. The Bertz CT molecular complexity index is 1090. The van der Waals surface area contributed by atoms with Crippen LogP contribution in [-0.2, 0) is 24.2 Å². The largest absolute Gasteiger partial charge is 0.478 e. The Labute approximate surface area is 239 Å². The highest BCUT2D eigenvalue weighted by molar-refractivity contribution is 7.16. The summed E-state index contributed by atoms with van der Waals surface area (Å²) in [5, 5.41) is 13.3. The number of fused-ring (bicyclic) bond motifs is 1. The summed E-state index contributed by atoms with van der Waals surface area (Å²) in [5.41, 5.74) is 6.62. The van der Waals surface area contributed by atoms with Crippen molar-refractivity contribution in [2.24, 2.45) is 11.3 Å².